The van der Waals surface area contributed by atoms with Crippen molar-refractivity contribution >= 4 is 6.21 Å². The minimum Gasteiger partial charge on any atom is -0.404 e. The van der Waals surface area contributed by atoms with Crippen LogP contribution in [0.5, 0.6) is 0 Å². The lowest BCUT2D eigenvalue weighted by atomic mass is 10.1. The van der Waals surface area contributed by atoms with Gasteiger partial charge < -0.3 is 11.1 Å². The minimum absolute atomic E-state index is 0.343. The Kier molecular flexibility index (Phi) is 4.99. The molecule has 0 aliphatic carbocycles. The number of allylic oxidation sites excluding steroid dienone is 3. The molecule has 2 atom stereocenters. The minimum atomic E-state index is 0.343. The molecular weight excluding hydrogens is 198 g/mol. The van der Waals surface area contributed by atoms with Gasteiger partial charge in [0.05, 0.1) is 0 Å². The van der Waals surface area contributed by atoms with E-state index in [4.69, 9.17) is 5.73 Å². The summed E-state index contributed by atoms with van der Waals surface area (Å²) in [5, 5.41) is 3.50. The van der Waals surface area contributed by atoms with Gasteiger partial charge in [0.2, 0.25) is 0 Å². The summed E-state index contributed by atoms with van der Waals surface area (Å²) in [5.74, 6) is 0. The quantitative estimate of drug-likeness (QED) is 0.711. The van der Waals surface area contributed by atoms with E-state index in [0.717, 1.165) is 17.6 Å². The fourth-order valence-corrected chi connectivity index (χ4v) is 1.79. The van der Waals surface area contributed by atoms with E-state index in [1.807, 2.05) is 0 Å². The highest BCUT2D eigenvalue weighted by Crippen LogP contribution is 2.14. The summed E-state index contributed by atoms with van der Waals surface area (Å²) in [6.45, 7) is 4.32. The Morgan fingerprint density at radius 1 is 1.62 bits per heavy atom. The van der Waals surface area contributed by atoms with Crippen molar-refractivity contribution in [1.82, 2.24) is 5.32 Å². The lowest BCUT2D eigenvalue weighted by Gasteiger charge is -2.14. The van der Waals surface area contributed by atoms with Crippen molar-refractivity contribution < 1.29 is 0 Å². The summed E-state index contributed by atoms with van der Waals surface area (Å²) < 4.78 is 0. The highest BCUT2D eigenvalue weighted by molar-refractivity contribution is 5.85. The molecule has 0 fully saturated rings. The number of nitrogens with two attached hydrogens (primary N) is 1. The monoisotopic (exact) mass is 219 g/mol. The molecule has 1 rings (SSSR count). The molecule has 0 bridgehead atoms. The Labute approximate surface area is 97.8 Å². The Bertz CT molecular complexity index is 337. The van der Waals surface area contributed by atoms with Crippen LogP contribution in [-0.4, -0.2) is 25.3 Å². The van der Waals surface area contributed by atoms with Crippen LogP contribution in [0.1, 0.15) is 20.3 Å². The van der Waals surface area contributed by atoms with Crippen molar-refractivity contribution in [3.05, 3.63) is 35.6 Å². The molecule has 88 valence electrons. The first-order valence-corrected chi connectivity index (χ1v) is 5.71. The number of nitrogens with zero attached hydrogens (tertiary/aromatic N) is 1. The number of rotatable bonds is 3. The van der Waals surface area contributed by atoms with Crippen molar-refractivity contribution in [3.8, 4) is 0 Å². The van der Waals surface area contributed by atoms with Crippen molar-refractivity contribution in [2.45, 2.75) is 32.4 Å². The number of aliphatic imine (C=N–C) groups is 1. The van der Waals surface area contributed by atoms with E-state index in [9.17, 15) is 0 Å². The predicted octanol–water partition coefficient (Wildman–Crippen LogP) is 1.78. The van der Waals surface area contributed by atoms with E-state index in [1.54, 1.807) is 19.5 Å². The molecule has 1 heterocycles. The summed E-state index contributed by atoms with van der Waals surface area (Å²) in [7, 11) is 1.75. The van der Waals surface area contributed by atoms with Gasteiger partial charge in [-0.15, -0.1) is 0 Å². The van der Waals surface area contributed by atoms with Gasteiger partial charge in [0.1, 0.15) is 0 Å². The summed E-state index contributed by atoms with van der Waals surface area (Å²) in [6.07, 6.45) is 10.9. The molecule has 1 aliphatic heterocycles. The molecule has 16 heavy (non-hydrogen) atoms. The molecule has 1 aliphatic rings. The maximum Gasteiger partial charge on any atom is 0.0301 e. The SMILES string of the molecule is CCC1C=CC(/C(C=NC)=C/N)=CC(C)N1. The zero-order chi connectivity index (χ0) is 12.0. The molecular formula is C13H21N3. The lowest BCUT2D eigenvalue weighted by molar-refractivity contribution is 0.545. The fourth-order valence-electron chi connectivity index (χ4n) is 1.79. The van der Waals surface area contributed by atoms with Gasteiger partial charge in [-0.2, -0.15) is 0 Å². The third-order valence-corrected chi connectivity index (χ3v) is 2.64. The summed E-state index contributed by atoms with van der Waals surface area (Å²) in [5.41, 5.74) is 7.70. The summed E-state index contributed by atoms with van der Waals surface area (Å²) in [4.78, 5) is 4.01. The highest BCUT2D eigenvalue weighted by atomic mass is 14.9. The Morgan fingerprint density at radius 2 is 2.38 bits per heavy atom. The van der Waals surface area contributed by atoms with Gasteiger partial charge in [-0.1, -0.05) is 25.2 Å². The van der Waals surface area contributed by atoms with Crippen molar-refractivity contribution in [3.63, 3.8) is 0 Å². The Balaban J connectivity index is 2.94. The molecule has 3 nitrogen and oxygen atoms in total. The molecule has 0 saturated carbocycles. The number of hydrogen-bond acceptors (Lipinski definition) is 3. The maximum absolute atomic E-state index is 5.60. The van der Waals surface area contributed by atoms with Crippen molar-refractivity contribution in [1.29, 1.82) is 0 Å². The molecule has 0 saturated heterocycles. The van der Waals surface area contributed by atoms with Crippen LogP contribution in [0.3, 0.4) is 0 Å². The first kappa shape index (κ1) is 12.7. The number of nitrogens with one attached hydrogen (secondary N) is 1. The average Bonchev–Trinajstić information content (AvgIpc) is 2.47. The van der Waals surface area contributed by atoms with E-state index in [-0.39, 0.29) is 0 Å². The number of hydrogen-bond donors (Lipinski definition) is 2. The summed E-state index contributed by atoms with van der Waals surface area (Å²) >= 11 is 0. The van der Waals surface area contributed by atoms with Gasteiger partial charge in [0.15, 0.2) is 0 Å². The van der Waals surface area contributed by atoms with Crippen LogP contribution in [0.25, 0.3) is 0 Å². The molecule has 0 aromatic rings. The molecule has 0 aromatic carbocycles. The Hall–Kier alpha value is -1.35. The zero-order valence-electron chi connectivity index (χ0n) is 10.3. The second-order valence-electron chi connectivity index (χ2n) is 3.96. The molecule has 3 N–H and O–H groups in total. The van der Waals surface area contributed by atoms with Gasteiger partial charge >= 0.3 is 0 Å². The predicted molar refractivity (Wildman–Crippen MR) is 70.6 cm³/mol. The average molecular weight is 219 g/mol. The smallest absolute Gasteiger partial charge is 0.0301 e. The molecule has 3 heteroatoms. The van der Waals surface area contributed by atoms with E-state index in [2.05, 4.69) is 42.4 Å². The van der Waals surface area contributed by atoms with E-state index in [1.165, 1.54) is 0 Å². The molecule has 0 spiro atoms. The zero-order valence-corrected chi connectivity index (χ0v) is 10.3. The third kappa shape index (κ3) is 3.35. The van der Waals surface area contributed by atoms with E-state index >= 15 is 0 Å². The van der Waals surface area contributed by atoms with Crippen LogP contribution in [0, 0.1) is 0 Å². The van der Waals surface area contributed by atoms with Crippen LogP contribution >= 0.6 is 0 Å². The van der Waals surface area contributed by atoms with Crippen LogP contribution in [0.15, 0.2) is 40.6 Å². The highest BCUT2D eigenvalue weighted by Gasteiger charge is 2.11. The van der Waals surface area contributed by atoms with Gasteiger partial charge in [0.25, 0.3) is 0 Å². The van der Waals surface area contributed by atoms with E-state index in [0.29, 0.717) is 12.1 Å². The first-order chi connectivity index (χ1) is 7.71. The second kappa shape index (κ2) is 6.28. The molecule has 0 radical (unpaired) electrons. The van der Waals surface area contributed by atoms with Gasteiger partial charge in [0, 0.05) is 37.1 Å². The van der Waals surface area contributed by atoms with Crippen LogP contribution in [-0.2, 0) is 0 Å². The van der Waals surface area contributed by atoms with Crippen LogP contribution in [0.2, 0.25) is 0 Å². The molecule has 2 unspecified atom stereocenters. The standard InChI is InChI=1S/C13H21N3/c1-4-13-6-5-11(7-10(2)16-13)12(8-14)9-15-3/h5-10,13,16H,4,14H2,1-3H3/b12-8+,15-9?. The van der Waals surface area contributed by atoms with Crippen molar-refractivity contribution in [2.75, 3.05) is 7.05 Å². The first-order valence-electron chi connectivity index (χ1n) is 5.71. The largest absolute Gasteiger partial charge is 0.404 e. The Morgan fingerprint density at radius 3 is 2.94 bits per heavy atom. The lowest BCUT2D eigenvalue weighted by Crippen LogP contribution is -2.32. The molecule has 0 aromatic heterocycles. The van der Waals surface area contributed by atoms with Crippen LogP contribution < -0.4 is 11.1 Å². The maximum atomic E-state index is 5.60. The second-order valence-corrected chi connectivity index (χ2v) is 3.96. The van der Waals surface area contributed by atoms with Gasteiger partial charge in [-0.25, -0.2) is 0 Å². The van der Waals surface area contributed by atoms with Gasteiger partial charge in [-0.3, -0.25) is 4.99 Å². The fraction of sp³-hybridized carbons (Fsp3) is 0.462. The van der Waals surface area contributed by atoms with Gasteiger partial charge in [-0.05, 0) is 18.9 Å². The summed E-state index contributed by atoms with van der Waals surface area (Å²) in [6, 6.07) is 0.775. The van der Waals surface area contributed by atoms with E-state index < -0.39 is 0 Å². The normalized spacial score (nSPS) is 26.9. The third-order valence-electron chi connectivity index (χ3n) is 2.64. The van der Waals surface area contributed by atoms with Crippen LogP contribution in [0.4, 0.5) is 0 Å². The topological polar surface area (TPSA) is 50.4 Å². The van der Waals surface area contributed by atoms with Crippen molar-refractivity contribution in [2.24, 2.45) is 10.7 Å². The molecule has 0 amide bonds.